The summed E-state index contributed by atoms with van der Waals surface area (Å²) >= 11 is 1.63. The third kappa shape index (κ3) is 3.83. The smallest absolute Gasteiger partial charge is 0.261 e. The molecule has 0 saturated heterocycles. The first-order valence-electron chi connectivity index (χ1n) is 6.22. The number of hydrogen-bond acceptors (Lipinski definition) is 3. The molecule has 0 aliphatic rings. The maximum absolute atomic E-state index is 12.0. The molecule has 0 aliphatic heterocycles. The Balaban J connectivity index is 1.89. The highest BCUT2D eigenvalue weighted by molar-refractivity contribution is 7.10. The number of amides is 1. The molecule has 0 aliphatic carbocycles. The van der Waals surface area contributed by atoms with Crippen LogP contribution in [0.1, 0.15) is 24.8 Å². The number of carbonyl (C=O) groups is 1. The standard InChI is InChI=1S/C15H17NO2S/c1-11(14-9-6-10-19-14)16-15(17)12(2)18-13-7-4-3-5-8-13/h3-12H,1-2H3,(H,16,17). The van der Waals surface area contributed by atoms with E-state index in [0.29, 0.717) is 5.75 Å². The Labute approximate surface area is 117 Å². The van der Waals surface area contributed by atoms with E-state index in [2.05, 4.69) is 5.32 Å². The molecule has 1 heterocycles. The molecule has 19 heavy (non-hydrogen) atoms. The van der Waals surface area contributed by atoms with Crippen LogP contribution in [0.2, 0.25) is 0 Å². The van der Waals surface area contributed by atoms with Crippen LogP contribution in [0.15, 0.2) is 47.8 Å². The molecule has 2 atom stereocenters. The molecule has 1 amide bonds. The van der Waals surface area contributed by atoms with Crippen molar-refractivity contribution in [2.45, 2.75) is 26.0 Å². The van der Waals surface area contributed by atoms with Crippen LogP contribution >= 0.6 is 11.3 Å². The number of rotatable bonds is 5. The maximum Gasteiger partial charge on any atom is 0.261 e. The molecular formula is C15H17NO2S. The fraction of sp³-hybridized carbons (Fsp3) is 0.267. The van der Waals surface area contributed by atoms with Crippen molar-refractivity contribution in [1.29, 1.82) is 0 Å². The molecule has 2 unspecified atom stereocenters. The van der Waals surface area contributed by atoms with E-state index in [9.17, 15) is 4.79 Å². The zero-order valence-corrected chi connectivity index (χ0v) is 11.8. The van der Waals surface area contributed by atoms with E-state index in [-0.39, 0.29) is 11.9 Å². The molecule has 0 radical (unpaired) electrons. The molecule has 2 aromatic rings. The van der Waals surface area contributed by atoms with Gasteiger partial charge >= 0.3 is 0 Å². The van der Waals surface area contributed by atoms with Crippen molar-refractivity contribution in [1.82, 2.24) is 5.32 Å². The van der Waals surface area contributed by atoms with E-state index in [1.807, 2.05) is 54.8 Å². The van der Waals surface area contributed by atoms with Gasteiger partial charge in [-0.15, -0.1) is 11.3 Å². The summed E-state index contributed by atoms with van der Waals surface area (Å²) in [4.78, 5) is 13.2. The number of nitrogens with one attached hydrogen (secondary N) is 1. The van der Waals surface area contributed by atoms with Crippen LogP contribution in [0, 0.1) is 0 Å². The van der Waals surface area contributed by atoms with Crippen molar-refractivity contribution in [3.8, 4) is 5.75 Å². The Kier molecular flexibility index (Phi) is 4.58. The van der Waals surface area contributed by atoms with Crippen LogP contribution in [0.4, 0.5) is 0 Å². The van der Waals surface area contributed by atoms with E-state index in [1.165, 1.54) is 0 Å². The van der Waals surface area contributed by atoms with E-state index >= 15 is 0 Å². The minimum atomic E-state index is -0.509. The first kappa shape index (κ1) is 13.6. The highest BCUT2D eigenvalue weighted by Gasteiger charge is 2.17. The second-order valence-corrected chi connectivity index (χ2v) is 5.30. The van der Waals surface area contributed by atoms with Crippen LogP contribution in [0.3, 0.4) is 0 Å². The molecule has 0 saturated carbocycles. The van der Waals surface area contributed by atoms with Gasteiger partial charge in [-0.25, -0.2) is 0 Å². The molecule has 0 bridgehead atoms. The first-order valence-corrected chi connectivity index (χ1v) is 7.10. The summed E-state index contributed by atoms with van der Waals surface area (Å²) in [6.45, 7) is 3.72. The minimum absolute atomic E-state index is 0.00863. The van der Waals surface area contributed by atoms with Gasteiger partial charge in [0.15, 0.2) is 6.10 Å². The van der Waals surface area contributed by atoms with Crippen LogP contribution in [-0.4, -0.2) is 12.0 Å². The summed E-state index contributed by atoms with van der Waals surface area (Å²) in [5.74, 6) is 0.596. The Bertz CT molecular complexity index is 510. The Morgan fingerprint density at radius 3 is 2.53 bits per heavy atom. The molecule has 1 aromatic heterocycles. The fourth-order valence-electron chi connectivity index (χ4n) is 1.70. The van der Waals surface area contributed by atoms with Gasteiger partial charge in [0.05, 0.1) is 6.04 Å². The lowest BCUT2D eigenvalue weighted by Gasteiger charge is -2.18. The van der Waals surface area contributed by atoms with Crippen molar-refractivity contribution in [2.75, 3.05) is 0 Å². The fourth-order valence-corrected chi connectivity index (χ4v) is 2.43. The minimum Gasteiger partial charge on any atom is -0.481 e. The van der Waals surface area contributed by atoms with Gasteiger partial charge in [0.2, 0.25) is 0 Å². The van der Waals surface area contributed by atoms with Crippen LogP contribution in [0.25, 0.3) is 0 Å². The van der Waals surface area contributed by atoms with Gasteiger partial charge in [-0.1, -0.05) is 24.3 Å². The molecule has 2 rings (SSSR count). The Hall–Kier alpha value is -1.81. The zero-order chi connectivity index (χ0) is 13.7. The second kappa shape index (κ2) is 6.38. The van der Waals surface area contributed by atoms with Gasteiger partial charge in [0, 0.05) is 4.88 Å². The first-order chi connectivity index (χ1) is 9.16. The number of ether oxygens (including phenoxy) is 1. The number of hydrogen-bond donors (Lipinski definition) is 1. The van der Waals surface area contributed by atoms with Crippen LogP contribution in [0.5, 0.6) is 5.75 Å². The van der Waals surface area contributed by atoms with Crippen molar-refractivity contribution in [2.24, 2.45) is 0 Å². The second-order valence-electron chi connectivity index (χ2n) is 4.32. The molecule has 4 heteroatoms. The van der Waals surface area contributed by atoms with Crippen molar-refractivity contribution < 1.29 is 9.53 Å². The van der Waals surface area contributed by atoms with Gasteiger partial charge in [-0.2, -0.15) is 0 Å². The van der Waals surface area contributed by atoms with Crippen LogP contribution < -0.4 is 10.1 Å². The Morgan fingerprint density at radius 1 is 1.16 bits per heavy atom. The molecule has 100 valence electrons. The normalized spacial score (nSPS) is 13.6. The molecule has 0 fully saturated rings. The number of benzene rings is 1. The zero-order valence-electron chi connectivity index (χ0n) is 11.0. The maximum atomic E-state index is 12.0. The van der Waals surface area contributed by atoms with E-state index < -0.39 is 6.10 Å². The monoisotopic (exact) mass is 275 g/mol. The largest absolute Gasteiger partial charge is 0.481 e. The lowest BCUT2D eigenvalue weighted by molar-refractivity contribution is -0.127. The number of para-hydroxylation sites is 1. The summed E-state index contributed by atoms with van der Waals surface area (Å²) in [6.07, 6.45) is -0.509. The van der Waals surface area contributed by atoms with Gasteiger partial charge in [0.1, 0.15) is 5.75 Å². The highest BCUT2D eigenvalue weighted by Crippen LogP contribution is 2.18. The van der Waals surface area contributed by atoms with Gasteiger partial charge in [-0.05, 0) is 37.4 Å². The average molecular weight is 275 g/mol. The molecule has 3 nitrogen and oxygen atoms in total. The average Bonchev–Trinajstić information content (AvgIpc) is 2.93. The lowest BCUT2D eigenvalue weighted by Crippen LogP contribution is -2.37. The van der Waals surface area contributed by atoms with E-state index in [1.54, 1.807) is 18.3 Å². The molecule has 0 spiro atoms. The molecular weight excluding hydrogens is 258 g/mol. The summed E-state index contributed by atoms with van der Waals surface area (Å²) in [6, 6.07) is 13.4. The number of carbonyl (C=O) groups excluding carboxylic acids is 1. The molecule has 1 N–H and O–H groups in total. The third-order valence-electron chi connectivity index (χ3n) is 2.75. The van der Waals surface area contributed by atoms with Crippen molar-refractivity contribution in [3.05, 3.63) is 52.7 Å². The SMILES string of the molecule is CC(Oc1ccccc1)C(=O)NC(C)c1cccs1. The van der Waals surface area contributed by atoms with Gasteiger partial charge < -0.3 is 10.1 Å². The third-order valence-corrected chi connectivity index (χ3v) is 3.81. The van der Waals surface area contributed by atoms with Gasteiger partial charge in [-0.3, -0.25) is 4.79 Å². The Morgan fingerprint density at radius 2 is 1.89 bits per heavy atom. The van der Waals surface area contributed by atoms with Crippen LogP contribution in [-0.2, 0) is 4.79 Å². The van der Waals surface area contributed by atoms with Gasteiger partial charge in [0.25, 0.3) is 5.91 Å². The van der Waals surface area contributed by atoms with Crippen molar-refractivity contribution >= 4 is 17.2 Å². The highest BCUT2D eigenvalue weighted by atomic mass is 32.1. The summed E-state index contributed by atoms with van der Waals surface area (Å²) in [7, 11) is 0. The number of thiophene rings is 1. The predicted octanol–water partition coefficient (Wildman–Crippen LogP) is 3.39. The topological polar surface area (TPSA) is 38.3 Å². The lowest BCUT2D eigenvalue weighted by atomic mass is 10.2. The molecule has 1 aromatic carbocycles. The van der Waals surface area contributed by atoms with E-state index in [0.717, 1.165) is 4.88 Å². The van der Waals surface area contributed by atoms with Crippen molar-refractivity contribution in [3.63, 3.8) is 0 Å². The predicted molar refractivity (Wildman–Crippen MR) is 77.4 cm³/mol. The summed E-state index contributed by atoms with van der Waals surface area (Å²) < 4.78 is 5.59. The van der Waals surface area contributed by atoms with E-state index in [4.69, 9.17) is 4.74 Å². The summed E-state index contributed by atoms with van der Waals surface area (Å²) in [5.41, 5.74) is 0. The quantitative estimate of drug-likeness (QED) is 0.908. The summed E-state index contributed by atoms with van der Waals surface area (Å²) in [5, 5.41) is 4.95.